The SMILES string of the molecule is CCSC(C)(C)CCC(C)(C)C. The molecule has 0 saturated heterocycles. The summed E-state index contributed by atoms with van der Waals surface area (Å²) in [6.45, 7) is 13.9. The molecule has 0 aromatic carbocycles. The van der Waals surface area contributed by atoms with Gasteiger partial charge in [-0.2, -0.15) is 11.8 Å². The first kappa shape index (κ1) is 12.3. The van der Waals surface area contributed by atoms with E-state index in [0.29, 0.717) is 10.2 Å². The Bertz CT molecular complexity index is 119. The van der Waals surface area contributed by atoms with Crippen molar-refractivity contribution in [3.63, 3.8) is 0 Å². The lowest BCUT2D eigenvalue weighted by atomic mass is 9.87. The summed E-state index contributed by atoms with van der Waals surface area (Å²) < 4.78 is 0.474. The third-order valence-corrected chi connectivity index (χ3v) is 3.29. The van der Waals surface area contributed by atoms with Crippen molar-refractivity contribution in [3.8, 4) is 0 Å². The van der Waals surface area contributed by atoms with Gasteiger partial charge in [0.2, 0.25) is 0 Å². The number of hydrogen-bond donors (Lipinski definition) is 0. The highest BCUT2D eigenvalue weighted by atomic mass is 32.2. The summed E-state index contributed by atoms with van der Waals surface area (Å²) in [5.74, 6) is 1.23. The molecule has 0 nitrogen and oxygen atoms in total. The summed E-state index contributed by atoms with van der Waals surface area (Å²) in [5.41, 5.74) is 0.492. The van der Waals surface area contributed by atoms with Crippen LogP contribution >= 0.6 is 11.8 Å². The third-order valence-electron chi connectivity index (χ3n) is 2.01. The fraction of sp³-hybridized carbons (Fsp3) is 1.00. The summed E-state index contributed by atoms with van der Waals surface area (Å²) in [4.78, 5) is 0. The minimum atomic E-state index is 0.474. The Morgan fingerprint density at radius 2 is 1.42 bits per heavy atom. The van der Waals surface area contributed by atoms with Crippen LogP contribution in [0.5, 0.6) is 0 Å². The minimum Gasteiger partial charge on any atom is -0.156 e. The van der Waals surface area contributed by atoms with Gasteiger partial charge in [-0.3, -0.25) is 0 Å². The Labute approximate surface area is 82.5 Å². The lowest BCUT2D eigenvalue weighted by molar-refractivity contribution is 0.348. The molecule has 1 heteroatoms. The standard InChI is InChI=1S/C11H24S/c1-7-12-11(5,6)9-8-10(2,3)4/h7-9H2,1-6H3. The molecule has 0 aromatic rings. The maximum absolute atomic E-state index is 2.35. The summed E-state index contributed by atoms with van der Waals surface area (Å²) in [6, 6.07) is 0. The highest BCUT2D eigenvalue weighted by Gasteiger charge is 2.20. The van der Waals surface area contributed by atoms with E-state index in [-0.39, 0.29) is 0 Å². The molecule has 0 radical (unpaired) electrons. The van der Waals surface area contributed by atoms with Crippen LogP contribution in [0.15, 0.2) is 0 Å². The van der Waals surface area contributed by atoms with Crippen molar-refractivity contribution in [1.29, 1.82) is 0 Å². The fourth-order valence-electron chi connectivity index (χ4n) is 1.14. The Morgan fingerprint density at radius 3 is 1.75 bits per heavy atom. The van der Waals surface area contributed by atoms with Crippen molar-refractivity contribution in [2.24, 2.45) is 5.41 Å². The molecule has 12 heavy (non-hydrogen) atoms. The molecule has 0 amide bonds. The van der Waals surface area contributed by atoms with Gasteiger partial charge in [0, 0.05) is 4.75 Å². The zero-order valence-corrected chi connectivity index (χ0v) is 10.3. The van der Waals surface area contributed by atoms with Crippen LogP contribution in [0.3, 0.4) is 0 Å². The Balaban J connectivity index is 3.75. The molecule has 0 aliphatic carbocycles. The van der Waals surface area contributed by atoms with Gasteiger partial charge in [0.15, 0.2) is 0 Å². The molecule has 0 unspecified atom stereocenters. The van der Waals surface area contributed by atoms with E-state index in [1.165, 1.54) is 18.6 Å². The van der Waals surface area contributed by atoms with E-state index in [1.807, 2.05) is 0 Å². The van der Waals surface area contributed by atoms with E-state index < -0.39 is 0 Å². The average molecular weight is 188 g/mol. The Morgan fingerprint density at radius 1 is 0.917 bits per heavy atom. The zero-order valence-electron chi connectivity index (χ0n) is 9.53. The number of thioether (sulfide) groups is 1. The first-order valence-corrected chi connectivity index (χ1v) is 5.89. The Hall–Kier alpha value is 0.350. The van der Waals surface area contributed by atoms with E-state index in [4.69, 9.17) is 0 Å². The van der Waals surface area contributed by atoms with Crippen LogP contribution in [0.25, 0.3) is 0 Å². The predicted octanol–water partition coefficient (Wildman–Crippen LogP) is 4.34. The third kappa shape index (κ3) is 7.02. The topological polar surface area (TPSA) is 0 Å². The molecule has 0 atom stereocenters. The molecule has 0 saturated carbocycles. The van der Waals surface area contributed by atoms with E-state index in [1.54, 1.807) is 0 Å². The molecular formula is C11H24S. The summed E-state index contributed by atoms with van der Waals surface area (Å²) in [5, 5.41) is 0. The molecule has 0 N–H and O–H groups in total. The van der Waals surface area contributed by atoms with Crippen molar-refractivity contribution >= 4 is 11.8 Å². The van der Waals surface area contributed by atoms with Gasteiger partial charge >= 0.3 is 0 Å². The highest BCUT2D eigenvalue weighted by Crippen LogP contribution is 2.33. The van der Waals surface area contributed by atoms with E-state index in [9.17, 15) is 0 Å². The summed E-state index contributed by atoms with van der Waals surface area (Å²) in [6.07, 6.45) is 2.65. The average Bonchev–Trinajstić information content (AvgIpc) is 1.83. The second-order valence-corrected chi connectivity index (χ2v) is 7.22. The van der Waals surface area contributed by atoms with E-state index in [0.717, 1.165) is 0 Å². The molecule has 74 valence electrons. The zero-order chi connectivity index (χ0) is 9.83. The molecule has 0 rings (SSSR count). The van der Waals surface area contributed by atoms with Crippen molar-refractivity contribution in [3.05, 3.63) is 0 Å². The van der Waals surface area contributed by atoms with Gasteiger partial charge in [0.1, 0.15) is 0 Å². The first-order valence-electron chi connectivity index (χ1n) is 4.91. The van der Waals surface area contributed by atoms with Crippen molar-refractivity contribution < 1.29 is 0 Å². The minimum absolute atomic E-state index is 0.474. The molecule has 0 fully saturated rings. The Kier molecular flexibility index (Phi) is 4.68. The van der Waals surface area contributed by atoms with Gasteiger partial charge in [0.25, 0.3) is 0 Å². The van der Waals surface area contributed by atoms with E-state index in [2.05, 4.69) is 53.3 Å². The van der Waals surface area contributed by atoms with Gasteiger partial charge < -0.3 is 0 Å². The maximum Gasteiger partial charge on any atom is 0.0103 e. The predicted molar refractivity (Wildman–Crippen MR) is 60.9 cm³/mol. The van der Waals surface area contributed by atoms with E-state index >= 15 is 0 Å². The molecule has 0 heterocycles. The largest absolute Gasteiger partial charge is 0.156 e. The fourth-order valence-corrected chi connectivity index (χ4v) is 2.17. The lowest BCUT2D eigenvalue weighted by Crippen LogP contribution is -2.18. The van der Waals surface area contributed by atoms with Crippen LogP contribution in [0, 0.1) is 5.41 Å². The van der Waals surface area contributed by atoms with Crippen LogP contribution < -0.4 is 0 Å². The molecular weight excluding hydrogens is 164 g/mol. The van der Waals surface area contributed by atoms with Crippen molar-refractivity contribution in [2.75, 3.05) is 5.75 Å². The van der Waals surface area contributed by atoms with Crippen molar-refractivity contribution in [1.82, 2.24) is 0 Å². The van der Waals surface area contributed by atoms with Crippen LogP contribution in [-0.2, 0) is 0 Å². The van der Waals surface area contributed by atoms with Crippen LogP contribution in [0.1, 0.15) is 54.4 Å². The second-order valence-electron chi connectivity index (χ2n) is 5.25. The van der Waals surface area contributed by atoms with Crippen LogP contribution in [0.2, 0.25) is 0 Å². The van der Waals surface area contributed by atoms with Crippen LogP contribution in [-0.4, -0.2) is 10.5 Å². The quantitative estimate of drug-likeness (QED) is 0.632. The van der Waals surface area contributed by atoms with Crippen molar-refractivity contribution in [2.45, 2.75) is 59.1 Å². The van der Waals surface area contributed by atoms with Gasteiger partial charge in [-0.05, 0) is 24.0 Å². The lowest BCUT2D eigenvalue weighted by Gasteiger charge is -2.28. The van der Waals surface area contributed by atoms with Crippen LogP contribution in [0.4, 0.5) is 0 Å². The smallest absolute Gasteiger partial charge is 0.0103 e. The summed E-state index contributed by atoms with van der Waals surface area (Å²) in [7, 11) is 0. The molecule has 0 aromatic heterocycles. The first-order chi connectivity index (χ1) is 5.27. The second kappa shape index (κ2) is 4.55. The molecule has 0 aliphatic heterocycles. The molecule has 0 aliphatic rings. The van der Waals surface area contributed by atoms with Gasteiger partial charge in [-0.1, -0.05) is 41.5 Å². The molecule has 0 spiro atoms. The van der Waals surface area contributed by atoms with Gasteiger partial charge in [-0.15, -0.1) is 0 Å². The number of rotatable bonds is 4. The normalized spacial score (nSPS) is 13.5. The monoisotopic (exact) mass is 188 g/mol. The number of hydrogen-bond acceptors (Lipinski definition) is 1. The highest BCUT2D eigenvalue weighted by molar-refractivity contribution is 8.00. The maximum atomic E-state index is 2.35. The molecule has 0 bridgehead atoms. The van der Waals surface area contributed by atoms with Gasteiger partial charge in [0.05, 0.1) is 0 Å². The van der Waals surface area contributed by atoms with Gasteiger partial charge in [-0.25, -0.2) is 0 Å². The summed E-state index contributed by atoms with van der Waals surface area (Å²) >= 11 is 2.07.